The summed E-state index contributed by atoms with van der Waals surface area (Å²) in [4.78, 5) is 20.4. The Kier molecular flexibility index (Phi) is 4.89. The molecule has 1 amide bonds. The van der Waals surface area contributed by atoms with Crippen LogP contribution in [0.4, 0.5) is 0 Å². The molecule has 5 nitrogen and oxygen atoms in total. The van der Waals surface area contributed by atoms with Crippen LogP contribution in [-0.4, -0.2) is 28.5 Å². The Bertz CT molecular complexity index is 742. The Morgan fingerprint density at radius 1 is 1.33 bits per heavy atom. The molecular formula is C19H21N3O2. The molecule has 0 fully saturated rings. The van der Waals surface area contributed by atoms with Crippen molar-refractivity contribution >= 4 is 5.91 Å². The number of benzene rings is 1. The van der Waals surface area contributed by atoms with Crippen LogP contribution in [0.1, 0.15) is 19.4 Å². The van der Waals surface area contributed by atoms with Gasteiger partial charge in [0.25, 0.3) is 0 Å². The molecule has 1 aromatic heterocycles. The molecule has 0 bridgehead atoms. The molecule has 0 saturated heterocycles. The summed E-state index contributed by atoms with van der Waals surface area (Å²) in [5.74, 6) is 1.74. The van der Waals surface area contributed by atoms with E-state index in [0.29, 0.717) is 18.3 Å². The quantitative estimate of drug-likeness (QED) is 0.859. The molecule has 2 heterocycles. The standard InChI is InChI=1S/C19H21N3O2/c1-13(2)7-8-17(23)22-12-15-11-14-5-3-6-16(18(14)24-15)19-20-9-4-10-21-19/h3-10,13,15H,11-12H2,1-2H3,(H,22,23)/b8-7+. The van der Waals surface area contributed by atoms with Gasteiger partial charge >= 0.3 is 0 Å². The number of amides is 1. The van der Waals surface area contributed by atoms with Gasteiger partial charge in [-0.15, -0.1) is 0 Å². The molecule has 24 heavy (non-hydrogen) atoms. The van der Waals surface area contributed by atoms with Crippen LogP contribution >= 0.6 is 0 Å². The number of nitrogens with one attached hydrogen (secondary N) is 1. The fourth-order valence-corrected chi connectivity index (χ4v) is 2.62. The number of para-hydroxylation sites is 1. The zero-order valence-corrected chi connectivity index (χ0v) is 13.9. The van der Waals surface area contributed by atoms with Gasteiger partial charge in [0.15, 0.2) is 5.82 Å². The van der Waals surface area contributed by atoms with Crippen molar-refractivity contribution in [2.75, 3.05) is 6.54 Å². The molecule has 5 heteroatoms. The average Bonchev–Trinajstić information content (AvgIpc) is 3.02. The first-order chi connectivity index (χ1) is 11.6. The Hall–Kier alpha value is -2.69. The molecule has 124 valence electrons. The summed E-state index contributed by atoms with van der Waals surface area (Å²) in [5, 5.41) is 2.89. The minimum atomic E-state index is -0.0881. The summed E-state index contributed by atoms with van der Waals surface area (Å²) in [7, 11) is 0. The van der Waals surface area contributed by atoms with E-state index in [0.717, 1.165) is 23.3 Å². The number of hydrogen-bond acceptors (Lipinski definition) is 4. The Labute approximate surface area is 141 Å². The first-order valence-corrected chi connectivity index (χ1v) is 8.15. The van der Waals surface area contributed by atoms with Crippen LogP contribution in [0.3, 0.4) is 0 Å². The van der Waals surface area contributed by atoms with Gasteiger partial charge in [-0.3, -0.25) is 4.79 Å². The second kappa shape index (κ2) is 7.25. The molecular weight excluding hydrogens is 302 g/mol. The van der Waals surface area contributed by atoms with Gasteiger partial charge in [-0.2, -0.15) is 0 Å². The average molecular weight is 323 g/mol. The van der Waals surface area contributed by atoms with E-state index < -0.39 is 0 Å². The molecule has 1 aromatic carbocycles. The highest BCUT2D eigenvalue weighted by atomic mass is 16.5. The second-order valence-electron chi connectivity index (χ2n) is 6.16. The topological polar surface area (TPSA) is 64.1 Å². The van der Waals surface area contributed by atoms with Crippen LogP contribution in [0, 0.1) is 5.92 Å². The molecule has 1 atom stereocenters. The van der Waals surface area contributed by atoms with Crippen molar-refractivity contribution in [3.63, 3.8) is 0 Å². The van der Waals surface area contributed by atoms with Crippen molar-refractivity contribution < 1.29 is 9.53 Å². The molecule has 3 rings (SSSR count). The molecule has 1 aliphatic heterocycles. The first kappa shape index (κ1) is 16.2. The third kappa shape index (κ3) is 3.79. The molecule has 1 aliphatic rings. The summed E-state index contributed by atoms with van der Waals surface area (Å²) >= 11 is 0. The van der Waals surface area contributed by atoms with Gasteiger partial charge in [0.1, 0.15) is 11.9 Å². The van der Waals surface area contributed by atoms with E-state index in [1.54, 1.807) is 24.5 Å². The number of nitrogens with zero attached hydrogens (tertiary/aromatic N) is 2. The number of aromatic nitrogens is 2. The van der Waals surface area contributed by atoms with E-state index in [2.05, 4.69) is 15.3 Å². The number of hydrogen-bond donors (Lipinski definition) is 1. The molecule has 1 N–H and O–H groups in total. The van der Waals surface area contributed by atoms with Crippen molar-refractivity contribution in [3.8, 4) is 17.1 Å². The maximum atomic E-state index is 11.8. The fraction of sp³-hybridized carbons (Fsp3) is 0.316. The molecule has 1 unspecified atom stereocenters. The van der Waals surface area contributed by atoms with E-state index in [9.17, 15) is 4.79 Å². The molecule has 2 aromatic rings. The predicted octanol–water partition coefficient (Wildman–Crippen LogP) is 2.78. The number of rotatable bonds is 5. The lowest BCUT2D eigenvalue weighted by atomic mass is 10.1. The zero-order valence-electron chi connectivity index (χ0n) is 13.9. The van der Waals surface area contributed by atoms with E-state index in [1.807, 2.05) is 38.1 Å². The minimum Gasteiger partial charge on any atom is -0.487 e. The largest absolute Gasteiger partial charge is 0.487 e. The van der Waals surface area contributed by atoms with Gasteiger partial charge in [0.05, 0.1) is 12.1 Å². The number of carbonyl (C=O) groups is 1. The van der Waals surface area contributed by atoms with Gasteiger partial charge in [0.2, 0.25) is 5.91 Å². The van der Waals surface area contributed by atoms with Crippen LogP contribution < -0.4 is 10.1 Å². The first-order valence-electron chi connectivity index (χ1n) is 8.15. The maximum absolute atomic E-state index is 11.8. The maximum Gasteiger partial charge on any atom is 0.243 e. The molecule has 0 radical (unpaired) electrons. The van der Waals surface area contributed by atoms with E-state index in [1.165, 1.54) is 0 Å². The van der Waals surface area contributed by atoms with Crippen molar-refractivity contribution in [2.45, 2.75) is 26.4 Å². The molecule has 0 saturated carbocycles. The lowest BCUT2D eigenvalue weighted by molar-refractivity contribution is -0.116. The summed E-state index contributed by atoms with van der Waals surface area (Å²) in [5.41, 5.74) is 2.01. The third-order valence-corrected chi connectivity index (χ3v) is 3.77. The molecule has 0 spiro atoms. The third-order valence-electron chi connectivity index (χ3n) is 3.77. The van der Waals surface area contributed by atoms with Gasteiger partial charge in [-0.25, -0.2) is 9.97 Å². The molecule has 0 aliphatic carbocycles. The monoisotopic (exact) mass is 323 g/mol. The van der Waals surface area contributed by atoms with Crippen molar-refractivity contribution in [1.82, 2.24) is 15.3 Å². The smallest absolute Gasteiger partial charge is 0.243 e. The van der Waals surface area contributed by atoms with Gasteiger partial charge in [-0.05, 0) is 29.7 Å². The van der Waals surface area contributed by atoms with Crippen LogP contribution in [0.25, 0.3) is 11.4 Å². The van der Waals surface area contributed by atoms with Gasteiger partial charge in [-0.1, -0.05) is 32.1 Å². The summed E-state index contributed by atoms with van der Waals surface area (Å²) in [6.07, 6.45) is 7.59. The highest BCUT2D eigenvalue weighted by molar-refractivity contribution is 5.87. The van der Waals surface area contributed by atoms with Crippen molar-refractivity contribution in [1.29, 1.82) is 0 Å². The number of carbonyl (C=O) groups excluding carboxylic acids is 1. The Morgan fingerprint density at radius 2 is 2.12 bits per heavy atom. The normalized spacial score (nSPS) is 16.2. The van der Waals surface area contributed by atoms with E-state index >= 15 is 0 Å². The SMILES string of the molecule is CC(C)/C=C/C(=O)NCC1Cc2cccc(-c3ncccn3)c2O1. The zero-order chi connectivity index (χ0) is 16.9. The van der Waals surface area contributed by atoms with E-state index in [4.69, 9.17) is 4.74 Å². The number of allylic oxidation sites excluding steroid dienone is 1. The lowest BCUT2D eigenvalue weighted by Crippen LogP contribution is -2.33. The minimum absolute atomic E-state index is 0.0683. The summed E-state index contributed by atoms with van der Waals surface area (Å²) in [6, 6.07) is 7.78. The Morgan fingerprint density at radius 3 is 2.88 bits per heavy atom. The van der Waals surface area contributed by atoms with Crippen molar-refractivity contribution in [2.24, 2.45) is 5.92 Å². The van der Waals surface area contributed by atoms with Crippen LogP contribution in [0.5, 0.6) is 5.75 Å². The second-order valence-corrected chi connectivity index (χ2v) is 6.16. The van der Waals surface area contributed by atoms with E-state index in [-0.39, 0.29) is 12.0 Å². The fourth-order valence-electron chi connectivity index (χ4n) is 2.62. The Balaban J connectivity index is 1.66. The van der Waals surface area contributed by atoms with Crippen molar-refractivity contribution in [3.05, 3.63) is 54.4 Å². The van der Waals surface area contributed by atoms with Gasteiger partial charge in [0, 0.05) is 18.8 Å². The summed E-state index contributed by atoms with van der Waals surface area (Å²) < 4.78 is 6.05. The summed E-state index contributed by atoms with van der Waals surface area (Å²) in [6.45, 7) is 4.55. The number of ether oxygens (including phenoxy) is 1. The van der Waals surface area contributed by atoms with Crippen LogP contribution in [0.15, 0.2) is 48.8 Å². The highest BCUT2D eigenvalue weighted by Crippen LogP contribution is 2.37. The highest BCUT2D eigenvalue weighted by Gasteiger charge is 2.26. The van der Waals surface area contributed by atoms with Crippen LogP contribution in [0.2, 0.25) is 0 Å². The predicted molar refractivity (Wildman–Crippen MR) is 92.6 cm³/mol. The van der Waals surface area contributed by atoms with Crippen LogP contribution in [-0.2, 0) is 11.2 Å². The number of fused-ring (bicyclic) bond motifs is 1. The van der Waals surface area contributed by atoms with Gasteiger partial charge < -0.3 is 10.1 Å². The lowest BCUT2D eigenvalue weighted by Gasteiger charge is -2.12.